The zero-order valence-corrected chi connectivity index (χ0v) is 11.8. The molecule has 1 aromatic carbocycles. The summed E-state index contributed by atoms with van der Waals surface area (Å²) in [7, 11) is 0. The molecule has 0 aromatic heterocycles. The highest BCUT2D eigenvalue weighted by molar-refractivity contribution is 5.27. The molecular formula is C15H25N3. The van der Waals surface area contributed by atoms with E-state index in [1.54, 1.807) is 0 Å². The predicted molar refractivity (Wildman–Crippen MR) is 76.2 cm³/mol. The quantitative estimate of drug-likeness (QED) is 0.811. The number of hydrogen-bond acceptors (Lipinski definition) is 3. The molecule has 0 amide bonds. The van der Waals surface area contributed by atoms with E-state index in [2.05, 4.69) is 49.9 Å². The first kappa shape index (κ1) is 13.5. The molecule has 1 aliphatic heterocycles. The first-order valence-electron chi connectivity index (χ1n) is 6.76. The minimum Gasteiger partial charge on any atom is -0.296 e. The molecule has 0 bridgehead atoms. The van der Waals surface area contributed by atoms with Crippen LogP contribution in [-0.2, 0) is 12.0 Å². The van der Waals surface area contributed by atoms with E-state index in [1.807, 2.05) is 5.01 Å². The van der Waals surface area contributed by atoms with Gasteiger partial charge in [-0.05, 0) is 16.5 Å². The van der Waals surface area contributed by atoms with Crippen molar-refractivity contribution in [1.82, 2.24) is 9.91 Å². The van der Waals surface area contributed by atoms with Crippen molar-refractivity contribution in [1.29, 1.82) is 0 Å². The summed E-state index contributed by atoms with van der Waals surface area (Å²) < 4.78 is 0. The lowest BCUT2D eigenvalue weighted by atomic mass is 9.87. The van der Waals surface area contributed by atoms with Crippen molar-refractivity contribution in [2.45, 2.75) is 32.7 Å². The monoisotopic (exact) mass is 247 g/mol. The average molecular weight is 247 g/mol. The molecule has 0 spiro atoms. The molecule has 2 N–H and O–H groups in total. The highest BCUT2D eigenvalue weighted by Crippen LogP contribution is 2.22. The lowest BCUT2D eigenvalue weighted by Crippen LogP contribution is -2.48. The van der Waals surface area contributed by atoms with E-state index in [0.717, 1.165) is 32.7 Å². The normalized spacial score (nSPS) is 19.1. The van der Waals surface area contributed by atoms with Crippen LogP contribution in [0.5, 0.6) is 0 Å². The third-order valence-corrected chi connectivity index (χ3v) is 3.63. The van der Waals surface area contributed by atoms with Gasteiger partial charge in [0.15, 0.2) is 0 Å². The summed E-state index contributed by atoms with van der Waals surface area (Å²) in [4.78, 5) is 2.47. The molecule has 1 saturated heterocycles. The van der Waals surface area contributed by atoms with Gasteiger partial charge in [0, 0.05) is 32.7 Å². The van der Waals surface area contributed by atoms with Crippen molar-refractivity contribution in [3.63, 3.8) is 0 Å². The zero-order valence-electron chi connectivity index (χ0n) is 11.8. The summed E-state index contributed by atoms with van der Waals surface area (Å²) in [5.41, 5.74) is 3.04. The van der Waals surface area contributed by atoms with Crippen LogP contribution < -0.4 is 5.84 Å². The summed E-state index contributed by atoms with van der Waals surface area (Å²) in [5, 5.41) is 1.90. The fraction of sp³-hybridized carbons (Fsp3) is 0.600. The Morgan fingerprint density at radius 3 is 2.06 bits per heavy atom. The lowest BCUT2D eigenvalue weighted by Gasteiger charge is -2.32. The van der Waals surface area contributed by atoms with E-state index in [4.69, 9.17) is 5.84 Å². The zero-order chi connectivity index (χ0) is 13.2. The number of hydrogen-bond donors (Lipinski definition) is 1. The van der Waals surface area contributed by atoms with Gasteiger partial charge in [0.05, 0.1) is 0 Å². The fourth-order valence-corrected chi connectivity index (χ4v) is 2.29. The summed E-state index contributed by atoms with van der Waals surface area (Å²) in [6.45, 7) is 11.9. The van der Waals surface area contributed by atoms with Gasteiger partial charge in [-0.2, -0.15) is 0 Å². The lowest BCUT2D eigenvalue weighted by molar-refractivity contribution is 0.128. The Morgan fingerprint density at radius 2 is 1.56 bits per heavy atom. The summed E-state index contributed by atoms with van der Waals surface area (Å²) in [5.74, 6) is 5.76. The molecule has 0 radical (unpaired) electrons. The fourth-order valence-electron chi connectivity index (χ4n) is 2.29. The van der Waals surface area contributed by atoms with Gasteiger partial charge in [0.25, 0.3) is 0 Å². The van der Waals surface area contributed by atoms with Gasteiger partial charge < -0.3 is 0 Å². The molecule has 3 nitrogen and oxygen atoms in total. The largest absolute Gasteiger partial charge is 0.296 e. The van der Waals surface area contributed by atoms with Crippen molar-refractivity contribution < 1.29 is 0 Å². The Kier molecular flexibility index (Phi) is 4.05. The second-order valence-electron chi connectivity index (χ2n) is 6.26. The van der Waals surface area contributed by atoms with E-state index in [1.165, 1.54) is 11.1 Å². The molecule has 2 rings (SSSR count). The molecule has 1 fully saturated rings. The third kappa shape index (κ3) is 3.55. The number of nitrogens with zero attached hydrogens (tertiary/aromatic N) is 2. The van der Waals surface area contributed by atoms with Gasteiger partial charge in [-0.15, -0.1) is 0 Å². The van der Waals surface area contributed by atoms with E-state index in [9.17, 15) is 0 Å². The van der Waals surface area contributed by atoms with E-state index >= 15 is 0 Å². The maximum atomic E-state index is 5.76. The SMILES string of the molecule is CC(C)(C)c1ccc(CN2CCN(N)CC2)cc1. The van der Waals surface area contributed by atoms with E-state index < -0.39 is 0 Å². The maximum absolute atomic E-state index is 5.76. The van der Waals surface area contributed by atoms with Crippen molar-refractivity contribution >= 4 is 0 Å². The Labute approximate surface area is 111 Å². The molecule has 1 heterocycles. The van der Waals surface area contributed by atoms with Crippen LogP contribution in [0.3, 0.4) is 0 Å². The topological polar surface area (TPSA) is 32.5 Å². The summed E-state index contributed by atoms with van der Waals surface area (Å²) in [6, 6.07) is 9.04. The molecule has 100 valence electrons. The second kappa shape index (κ2) is 5.39. The standard InChI is InChI=1S/C15H25N3/c1-15(2,3)14-6-4-13(5-7-14)12-17-8-10-18(16)11-9-17/h4-7H,8-12,16H2,1-3H3. The maximum Gasteiger partial charge on any atom is 0.0257 e. The number of benzene rings is 1. The first-order valence-corrected chi connectivity index (χ1v) is 6.76. The van der Waals surface area contributed by atoms with Gasteiger partial charge >= 0.3 is 0 Å². The van der Waals surface area contributed by atoms with Crippen LogP contribution in [0.1, 0.15) is 31.9 Å². The van der Waals surface area contributed by atoms with Crippen molar-refractivity contribution in [3.8, 4) is 0 Å². The number of hydrazine groups is 1. The Balaban J connectivity index is 1.94. The molecule has 3 heteroatoms. The molecule has 0 aliphatic carbocycles. The van der Waals surface area contributed by atoms with Gasteiger partial charge in [-0.25, -0.2) is 5.01 Å². The van der Waals surface area contributed by atoms with Crippen LogP contribution in [0.25, 0.3) is 0 Å². The van der Waals surface area contributed by atoms with Gasteiger partial charge in [0.2, 0.25) is 0 Å². The number of piperazine rings is 1. The highest BCUT2D eigenvalue weighted by atomic mass is 15.4. The van der Waals surface area contributed by atoms with Crippen LogP contribution in [0.2, 0.25) is 0 Å². The Bertz CT molecular complexity index is 370. The summed E-state index contributed by atoms with van der Waals surface area (Å²) in [6.07, 6.45) is 0. The van der Waals surface area contributed by atoms with Gasteiger partial charge in [-0.3, -0.25) is 10.7 Å². The molecule has 18 heavy (non-hydrogen) atoms. The number of rotatable bonds is 2. The Hall–Kier alpha value is -0.900. The minimum absolute atomic E-state index is 0.240. The van der Waals surface area contributed by atoms with Gasteiger partial charge in [0.1, 0.15) is 0 Å². The van der Waals surface area contributed by atoms with Crippen LogP contribution in [-0.4, -0.2) is 36.1 Å². The third-order valence-electron chi connectivity index (χ3n) is 3.63. The Morgan fingerprint density at radius 1 is 1.00 bits per heavy atom. The van der Waals surface area contributed by atoms with E-state index in [-0.39, 0.29) is 5.41 Å². The van der Waals surface area contributed by atoms with Crippen molar-refractivity contribution in [2.24, 2.45) is 5.84 Å². The predicted octanol–water partition coefficient (Wildman–Crippen LogP) is 1.98. The van der Waals surface area contributed by atoms with Gasteiger partial charge in [-0.1, -0.05) is 45.0 Å². The highest BCUT2D eigenvalue weighted by Gasteiger charge is 2.15. The molecule has 0 atom stereocenters. The van der Waals surface area contributed by atoms with E-state index in [0.29, 0.717) is 0 Å². The minimum atomic E-state index is 0.240. The van der Waals surface area contributed by atoms with Crippen LogP contribution in [0, 0.1) is 0 Å². The molecule has 1 aromatic rings. The van der Waals surface area contributed by atoms with Crippen molar-refractivity contribution in [2.75, 3.05) is 26.2 Å². The number of nitrogens with two attached hydrogens (primary N) is 1. The molecule has 1 aliphatic rings. The molecule has 0 unspecified atom stereocenters. The molecular weight excluding hydrogens is 222 g/mol. The first-order chi connectivity index (χ1) is 8.45. The average Bonchev–Trinajstić information content (AvgIpc) is 2.32. The summed E-state index contributed by atoms with van der Waals surface area (Å²) >= 11 is 0. The van der Waals surface area contributed by atoms with Crippen molar-refractivity contribution in [3.05, 3.63) is 35.4 Å². The van der Waals surface area contributed by atoms with Crippen LogP contribution in [0.4, 0.5) is 0 Å². The smallest absolute Gasteiger partial charge is 0.0257 e. The van der Waals surface area contributed by atoms with Crippen LogP contribution in [0.15, 0.2) is 24.3 Å². The second-order valence-corrected chi connectivity index (χ2v) is 6.26. The molecule has 0 saturated carbocycles. The van der Waals surface area contributed by atoms with Crippen LogP contribution >= 0.6 is 0 Å².